The Balaban J connectivity index is 2.12. The largest absolute Gasteiger partial charge is 0.465 e. The molecule has 3 aromatic rings. The lowest BCUT2D eigenvalue weighted by molar-refractivity contribution is 0.101. The van der Waals surface area contributed by atoms with Gasteiger partial charge in [0.2, 0.25) is 0 Å². The second-order valence-electron chi connectivity index (χ2n) is 5.06. The first-order valence-corrected chi connectivity index (χ1v) is 7.81. The summed E-state index contributed by atoms with van der Waals surface area (Å²) in [7, 11) is 0. The predicted molar refractivity (Wildman–Crippen MR) is 86.0 cm³/mol. The third-order valence-corrected chi connectivity index (χ3v) is 4.21. The summed E-state index contributed by atoms with van der Waals surface area (Å²) < 4.78 is 5.92. The van der Waals surface area contributed by atoms with Crippen molar-refractivity contribution in [3.8, 4) is 11.1 Å². The molecular weight excluding hydrogens is 280 g/mol. The van der Waals surface area contributed by atoms with E-state index < -0.39 is 0 Å². The number of benzene rings is 1. The van der Waals surface area contributed by atoms with E-state index in [-0.39, 0.29) is 5.78 Å². The first-order chi connectivity index (χ1) is 10.2. The van der Waals surface area contributed by atoms with Crippen LogP contribution in [0.25, 0.3) is 11.1 Å². The molecule has 2 nitrogen and oxygen atoms in total. The first kappa shape index (κ1) is 13.8. The Morgan fingerprint density at radius 2 is 1.95 bits per heavy atom. The van der Waals surface area contributed by atoms with Gasteiger partial charge in [0.05, 0.1) is 5.56 Å². The molecule has 2 aromatic heterocycles. The zero-order valence-electron chi connectivity index (χ0n) is 12.1. The zero-order valence-corrected chi connectivity index (χ0v) is 12.9. The zero-order chi connectivity index (χ0) is 14.8. The molecule has 0 aliphatic rings. The highest BCUT2D eigenvalue weighted by molar-refractivity contribution is 7.08. The molecule has 0 saturated heterocycles. The summed E-state index contributed by atoms with van der Waals surface area (Å²) in [5.41, 5.74) is 3.90. The molecule has 1 aromatic carbocycles. The van der Waals surface area contributed by atoms with E-state index in [1.807, 2.05) is 36.6 Å². The monoisotopic (exact) mass is 296 g/mol. The molecule has 0 aliphatic heterocycles. The Bertz CT molecular complexity index is 752. The van der Waals surface area contributed by atoms with Crippen LogP contribution in [0.1, 0.15) is 34.4 Å². The summed E-state index contributed by atoms with van der Waals surface area (Å²) in [6.45, 7) is 3.46. The van der Waals surface area contributed by atoms with Crippen molar-refractivity contribution in [2.75, 3.05) is 0 Å². The number of Topliss-reactive ketones (excluding diaryl/α,β-unsaturated/α-hetero) is 1. The predicted octanol–water partition coefficient (Wildman–Crippen LogP) is 5.11. The quantitative estimate of drug-likeness (QED) is 0.626. The Kier molecular flexibility index (Phi) is 3.76. The van der Waals surface area contributed by atoms with Gasteiger partial charge in [0.1, 0.15) is 11.5 Å². The van der Waals surface area contributed by atoms with E-state index in [0.717, 1.165) is 16.9 Å². The molecule has 3 rings (SSSR count). The highest BCUT2D eigenvalue weighted by Crippen LogP contribution is 2.35. The number of hydrogen-bond acceptors (Lipinski definition) is 3. The highest BCUT2D eigenvalue weighted by atomic mass is 32.1. The van der Waals surface area contributed by atoms with Gasteiger partial charge in [0, 0.05) is 12.0 Å². The maximum atomic E-state index is 12.0. The minimum atomic E-state index is 0.0526. The summed E-state index contributed by atoms with van der Waals surface area (Å²) in [5, 5.41) is 4.08. The third kappa shape index (κ3) is 2.69. The molecule has 0 saturated carbocycles. The lowest BCUT2D eigenvalue weighted by atomic mass is 9.97. The van der Waals surface area contributed by atoms with E-state index in [1.165, 1.54) is 5.56 Å². The van der Waals surface area contributed by atoms with Gasteiger partial charge in [-0.05, 0) is 41.8 Å². The van der Waals surface area contributed by atoms with Gasteiger partial charge in [0.15, 0.2) is 5.78 Å². The van der Waals surface area contributed by atoms with Crippen LogP contribution < -0.4 is 0 Å². The Labute approximate surface area is 128 Å². The fraction of sp³-hybridized carbons (Fsp3) is 0.167. The normalized spacial score (nSPS) is 10.8. The standard InChI is InChI=1S/C18H16O2S/c1-12(19)17-13(2)20-16(10-14-6-4-3-5-7-14)18(17)15-8-9-21-11-15/h3-9,11H,10H2,1-2H3. The lowest BCUT2D eigenvalue weighted by Crippen LogP contribution is -1.96. The molecule has 0 atom stereocenters. The topological polar surface area (TPSA) is 30.2 Å². The Hall–Kier alpha value is -2.13. The van der Waals surface area contributed by atoms with Crippen molar-refractivity contribution in [3.05, 3.63) is 69.8 Å². The minimum Gasteiger partial charge on any atom is -0.465 e. The van der Waals surface area contributed by atoms with Crippen LogP contribution in [0, 0.1) is 6.92 Å². The second kappa shape index (κ2) is 5.70. The molecule has 0 unspecified atom stereocenters. The van der Waals surface area contributed by atoms with Crippen molar-refractivity contribution in [2.45, 2.75) is 20.3 Å². The summed E-state index contributed by atoms with van der Waals surface area (Å²) in [4.78, 5) is 12.0. The molecule has 0 radical (unpaired) electrons. The van der Waals surface area contributed by atoms with E-state index in [9.17, 15) is 4.79 Å². The van der Waals surface area contributed by atoms with Crippen molar-refractivity contribution >= 4 is 17.1 Å². The fourth-order valence-electron chi connectivity index (χ4n) is 2.64. The van der Waals surface area contributed by atoms with Crippen LogP contribution in [0.4, 0.5) is 0 Å². The van der Waals surface area contributed by atoms with Gasteiger partial charge < -0.3 is 4.42 Å². The van der Waals surface area contributed by atoms with E-state index in [1.54, 1.807) is 18.3 Å². The number of aryl methyl sites for hydroxylation is 1. The van der Waals surface area contributed by atoms with Crippen molar-refractivity contribution < 1.29 is 9.21 Å². The van der Waals surface area contributed by atoms with Crippen LogP contribution in [0.5, 0.6) is 0 Å². The summed E-state index contributed by atoms with van der Waals surface area (Å²) in [5.74, 6) is 1.62. The highest BCUT2D eigenvalue weighted by Gasteiger charge is 2.22. The van der Waals surface area contributed by atoms with Crippen LogP contribution in [-0.2, 0) is 6.42 Å². The van der Waals surface area contributed by atoms with Gasteiger partial charge >= 0.3 is 0 Å². The van der Waals surface area contributed by atoms with Crippen molar-refractivity contribution in [3.63, 3.8) is 0 Å². The summed E-state index contributed by atoms with van der Waals surface area (Å²) in [6, 6.07) is 12.2. The van der Waals surface area contributed by atoms with Gasteiger partial charge in [-0.1, -0.05) is 30.3 Å². The Morgan fingerprint density at radius 1 is 1.19 bits per heavy atom. The van der Waals surface area contributed by atoms with Crippen molar-refractivity contribution in [2.24, 2.45) is 0 Å². The van der Waals surface area contributed by atoms with Crippen LogP contribution >= 0.6 is 11.3 Å². The van der Waals surface area contributed by atoms with E-state index in [0.29, 0.717) is 17.7 Å². The number of rotatable bonds is 4. The second-order valence-corrected chi connectivity index (χ2v) is 5.84. The third-order valence-electron chi connectivity index (χ3n) is 3.53. The molecule has 0 bridgehead atoms. The maximum Gasteiger partial charge on any atom is 0.163 e. The first-order valence-electron chi connectivity index (χ1n) is 6.86. The molecule has 0 amide bonds. The number of carbonyl (C=O) groups excluding carboxylic acids is 1. The molecule has 2 heterocycles. The molecule has 0 fully saturated rings. The lowest BCUT2D eigenvalue weighted by Gasteiger charge is -2.03. The van der Waals surface area contributed by atoms with Gasteiger partial charge in [-0.25, -0.2) is 0 Å². The summed E-state index contributed by atoms with van der Waals surface area (Å²) in [6.07, 6.45) is 0.695. The van der Waals surface area contributed by atoms with E-state index in [4.69, 9.17) is 4.42 Å². The van der Waals surface area contributed by atoms with Crippen molar-refractivity contribution in [1.82, 2.24) is 0 Å². The van der Waals surface area contributed by atoms with Gasteiger partial charge in [-0.3, -0.25) is 4.79 Å². The molecule has 21 heavy (non-hydrogen) atoms. The number of carbonyl (C=O) groups is 1. The molecule has 0 aliphatic carbocycles. The van der Waals surface area contributed by atoms with E-state index >= 15 is 0 Å². The fourth-order valence-corrected chi connectivity index (χ4v) is 3.29. The average Bonchev–Trinajstić information content (AvgIpc) is 3.07. The number of ketones is 1. The molecular formula is C18H16O2S. The molecule has 106 valence electrons. The molecule has 0 N–H and O–H groups in total. The maximum absolute atomic E-state index is 12.0. The molecule has 0 spiro atoms. The number of furan rings is 1. The SMILES string of the molecule is CC(=O)c1c(C)oc(Cc2ccccc2)c1-c1ccsc1. The van der Waals surface area contributed by atoms with Gasteiger partial charge in [-0.2, -0.15) is 11.3 Å². The van der Waals surface area contributed by atoms with Crippen LogP contribution in [0.2, 0.25) is 0 Å². The van der Waals surface area contributed by atoms with Crippen LogP contribution in [-0.4, -0.2) is 5.78 Å². The number of hydrogen-bond donors (Lipinski definition) is 0. The summed E-state index contributed by atoms with van der Waals surface area (Å²) >= 11 is 1.63. The smallest absolute Gasteiger partial charge is 0.163 e. The average molecular weight is 296 g/mol. The van der Waals surface area contributed by atoms with Crippen LogP contribution in [0.15, 0.2) is 51.6 Å². The van der Waals surface area contributed by atoms with Crippen molar-refractivity contribution in [1.29, 1.82) is 0 Å². The van der Waals surface area contributed by atoms with E-state index in [2.05, 4.69) is 17.5 Å². The van der Waals surface area contributed by atoms with Gasteiger partial charge in [0.25, 0.3) is 0 Å². The minimum absolute atomic E-state index is 0.0526. The molecule has 3 heteroatoms. The van der Waals surface area contributed by atoms with Crippen LogP contribution in [0.3, 0.4) is 0 Å². The Morgan fingerprint density at radius 3 is 2.57 bits per heavy atom. The van der Waals surface area contributed by atoms with Gasteiger partial charge in [-0.15, -0.1) is 0 Å². The number of thiophene rings is 1.